The first kappa shape index (κ1) is 40.9. The minimum Gasteiger partial charge on any atom is -0.457 e. The number of hydrogen-bond donors (Lipinski definition) is 0. The first-order chi connectivity index (χ1) is 24.0. The highest BCUT2D eigenvalue weighted by Gasteiger charge is 2.59. The first-order valence-corrected chi connectivity index (χ1v) is 21.3. The van der Waals surface area contributed by atoms with Crippen molar-refractivity contribution in [3.05, 3.63) is 46.1 Å². The molecule has 0 saturated heterocycles. The smallest absolute Gasteiger partial charge is 0.381 e. The largest absolute Gasteiger partial charge is 0.457 e. The van der Waals surface area contributed by atoms with Crippen molar-refractivity contribution >= 4 is 5.97 Å². The van der Waals surface area contributed by atoms with Crippen LogP contribution in [-0.2, 0) is 9.53 Å². The molecule has 0 bridgehead atoms. The average Bonchev–Trinajstić information content (AvgIpc) is 3.43. The third-order valence-corrected chi connectivity index (χ3v) is 14.2. The summed E-state index contributed by atoms with van der Waals surface area (Å²) in [7, 11) is 0. The van der Waals surface area contributed by atoms with Gasteiger partial charge >= 0.3 is 12.0 Å². The molecule has 0 N–H and O–H groups in total. The Kier molecular flexibility index (Phi) is 16.2. The molecule has 0 aromatic heterocycles. The summed E-state index contributed by atoms with van der Waals surface area (Å²) in [6.07, 6.45) is 35.8. The highest BCUT2D eigenvalue weighted by molar-refractivity contribution is 5.74. The first-order valence-electron chi connectivity index (χ1n) is 21.3. The summed E-state index contributed by atoms with van der Waals surface area (Å²) in [5.41, 5.74) is 2.13. The summed E-state index contributed by atoms with van der Waals surface area (Å²) < 4.78 is 5.95. The molecule has 4 aliphatic carbocycles. The highest BCUT2D eigenvalue weighted by Crippen LogP contribution is 2.67. The number of nitro groups is 1. The topological polar surface area (TPSA) is 69.4 Å². The molecule has 9 atom stereocenters. The van der Waals surface area contributed by atoms with Crippen molar-refractivity contribution in [2.45, 2.75) is 195 Å². The van der Waals surface area contributed by atoms with Crippen molar-refractivity contribution in [3.8, 4) is 0 Å². The molecule has 0 aromatic carbocycles. The second-order valence-electron chi connectivity index (χ2n) is 18.1. The van der Waals surface area contributed by atoms with Gasteiger partial charge in [0.25, 0.3) is 0 Å². The summed E-state index contributed by atoms with van der Waals surface area (Å²) in [5, 5.41) is 11.9. The van der Waals surface area contributed by atoms with Crippen LogP contribution in [0.1, 0.15) is 183 Å². The monoisotopic (exact) mass is 694 g/mol. The van der Waals surface area contributed by atoms with Crippen LogP contribution in [0.15, 0.2) is 36.0 Å². The molecule has 4 aliphatic rings. The SMILES string of the molecule is CCCCC/C=C\C/C=C\CCCCCCC(C(=O)O[C@H]1CC[C@@]2(C)C(=CC[C@H]3[C@@H]4CC[C@H]([C@H](C)CCCC(C)C)[C@@]4(C)CC[C@@H]32)C1)[N+](=O)[O-]. The zero-order valence-electron chi connectivity index (χ0n) is 33.1. The second-order valence-corrected chi connectivity index (χ2v) is 18.1. The second kappa shape index (κ2) is 19.8. The molecule has 0 amide bonds. The maximum atomic E-state index is 13.1. The molecular formula is C45H75NO4. The lowest BCUT2D eigenvalue weighted by Crippen LogP contribution is -2.51. The lowest BCUT2D eigenvalue weighted by atomic mass is 9.47. The van der Waals surface area contributed by atoms with Gasteiger partial charge in [0.2, 0.25) is 0 Å². The molecule has 0 radical (unpaired) electrons. The Morgan fingerprint density at radius 1 is 0.880 bits per heavy atom. The van der Waals surface area contributed by atoms with Crippen LogP contribution in [0.3, 0.4) is 0 Å². The van der Waals surface area contributed by atoms with Gasteiger partial charge < -0.3 is 4.74 Å². The Balaban J connectivity index is 1.20. The van der Waals surface area contributed by atoms with E-state index in [0.717, 1.165) is 87.4 Å². The fourth-order valence-electron chi connectivity index (χ4n) is 11.3. The number of carbonyl (C=O) groups is 1. The molecule has 284 valence electrons. The average molecular weight is 694 g/mol. The highest BCUT2D eigenvalue weighted by atomic mass is 16.6. The van der Waals surface area contributed by atoms with Gasteiger partial charge in [-0.2, -0.15) is 0 Å². The number of esters is 1. The standard InChI is InChI=1S/C45H75NO4/c1-7-8-9-10-11-12-13-14-15-16-17-18-19-20-24-42(46(48)49)43(47)50-37-29-31-44(5)36(33-37)25-26-38-40-28-27-39(35(4)23-21-22-34(2)3)45(40,6)32-30-41(38)44/h11-12,14-15,25,34-35,37-42H,7-10,13,16-24,26-33H2,1-6H3/b12-11-,15-14-/t35-,37+,38+,39-,40+,41+,42?,44+,45-/m1/s1. The van der Waals surface area contributed by atoms with E-state index in [0.29, 0.717) is 17.8 Å². The number of nitrogens with zero attached hydrogens (tertiary/aromatic N) is 1. The Bertz CT molecular complexity index is 1160. The van der Waals surface area contributed by atoms with Crippen molar-refractivity contribution in [1.29, 1.82) is 0 Å². The predicted molar refractivity (Wildman–Crippen MR) is 208 cm³/mol. The van der Waals surface area contributed by atoms with Crippen LogP contribution in [0, 0.1) is 56.5 Å². The van der Waals surface area contributed by atoms with Crippen molar-refractivity contribution in [2.75, 3.05) is 0 Å². The number of fused-ring (bicyclic) bond motifs is 5. The van der Waals surface area contributed by atoms with Crippen molar-refractivity contribution in [1.82, 2.24) is 0 Å². The summed E-state index contributed by atoms with van der Waals surface area (Å²) in [5.74, 6) is 4.19. The van der Waals surface area contributed by atoms with Crippen LogP contribution in [-0.4, -0.2) is 23.0 Å². The van der Waals surface area contributed by atoms with E-state index in [4.69, 9.17) is 4.74 Å². The zero-order valence-corrected chi connectivity index (χ0v) is 33.1. The molecule has 0 spiro atoms. The molecule has 50 heavy (non-hydrogen) atoms. The van der Waals surface area contributed by atoms with Gasteiger partial charge in [-0.1, -0.05) is 122 Å². The predicted octanol–water partition coefficient (Wildman–Crippen LogP) is 13.0. The number of carbonyl (C=O) groups excluding carboxylic acids is 1. The van der Waals surface area contributed by atoms with Gasteiger partial charge in [-0.25, -0.2) is 4.79 Å². The fraction of sp³-hybridized carbons (Fsp3) is 0.844. The van der Waals surface area contributed by atoms with Crippen molar-refractivity contribution in [3.63, 3.8) is 0 Å². The van der Waals surface area contributed by atoms with E-state index >= 15 is 0 Å². The Labute approximate surface area is 307 Å². The lowest BCUT2D eigenvalue weighted by molar-refractivity contribution is -0.511. The van der Waals surface area contributed by atoms with Crippen LogP contribution in [0.4, 0.5) is 0 Å². The van der Waals surface area contributed by atoms with Gasteiger partial charge in [-0.05, 0) is 130 Å². The Hall–Kier alpha value is -1.91. The maximum absolute atomic E-state index is 13.1. The number of hydrogen-bond acceptors (Lipinski definition) is 4. The summed E-state index contributed by atoms with van der Waals surface area (Å²) in [6, 6.07) is -1.24. The number of unbranched alkanes of at least 4 members (excludes halogenated alkanes) is 7. The summed E-state index contributed by atoms with van der Waals surface area (Å²) in [6.45, 7) is 14.6. The van der Waals surface area contributed by atoms with Gasteiger partial charge in [0.1, 0.15) is 6.10 Å². The molecular weight excluding hydrogens is 618 g/mol. The number of rotatable bonds is 21. The van der Waals surface area contributed by atoms with E-state index in [-0.39, 0.29) is 17.9 Å². The summed E-state index contributed by atoms with van der Waals surface area (Å²) in [4.78, 5) is 24.7. The van der Waals surface area contributed by atoms with E-state index in [2.05, 4.69) is 71.9 Å². The molecule has 0 aliphatic heterocycles. The minimum absolute atomic E-state index is 0.177. The molecule has 0 aromatic rings. The molecule has 0 heterocycles. The minimum atomic E-state index is -1.24. The van der Waals surface area contributed by atoms with Gasteiger partial charge in [0.05, 0.1) is 0 Å². The normalized spacial score (nSPS) is 32.1. The Morgan fingerprint density at radius 2 is 1.60 bits per heavy atom. The van der Waals surface area contributed by atoms with E-state index < -0.39 is 16.9 Å². The van der Waals surface area contributed by atoms with E-state index in [9.17, 15) is 14.9 Å². The molecule has 1 unspecified atom stereocenters. The lowest BCUT2D eigenvalue weighted by Gasteiger charge is -2.58. The van der Waals surface area contributed by atoms with Gasteiger partial charge in [-0.3, -0.25) is 10.1 Å². The van der Waals surface area contributed by atoms with E-state index in [1.54, 1.807) is 0 Å². The molecule has 5 heteroatoms. The maximum Gasteiger partial charge on any atom is 0.381 e. The van der Waals surface area contributed by atoms with Crippen LogP contribution in [0.2, 0.25) is 0 Å². The molecule has 4 rings (SSSR count). The van der Waals surface area contributed by atoms with Crippen LogP contribution in [0.5, 0.6) is 0 Å². The Morgan fingerprint density at radius 3 is 2.30 bits per heavy atom. The van der Waals surface area contributed by atoms with Gasteiger partial charge in [-0.15, -0.1) is 0 Å². The third kappa shape index (κ3) is 10.6. The van der Waals surface area contributed by atoms with Gasteiger partial charge in [0, 0.05) is 17.8 Å². The summed E-state index contributed by atoms with van der Waals surface area (Å²) >= 11 is 0. The van der Waals surface area contributed by atoms with Crippen LogP contribution in [0.25, 0.3) is 0 Å². The van der Waals surface area contributed by atoms with Crippen molar-refractivity contribution in [2.24, 2.45) is 46.3 Å². The van der Waals surface area contributed by atoms with E-state index in [1.807, 2.05) is 0 Å². The molecule has 3 saturated carbocycles. The van der Waals surface area contributed by atoms with E-state index in [1.165, 1.54) is 76.2 Å². The quantitative estimate of drug-likeness (QED) is 0.0394. The van der Waals surface area contributed by atoms with Crippen molar-refractivity contribution < 1.29 is 14.5 Å². The molecule has 5 nitrogen and oxygen atoms in total. The molecule has 3 fully saturated rings. The third-order valence-electron chi connectivity index (χ3n) is 14.2. The number of allylic oxidation sites excluding steroid dienone is 5. The zero-order chi connectivity index (χ0) is 36.1. The number of ether oxygens (including phenoxy) is 1. The fourth-order valence-corrected chi connectivity index (χ4v) is 11.3. The van der Waals surface area contributed by atoms with Crippen LogP contribution >= 0.6 is 0 Å². The van der Waals surface area contributed by atoms with Crippen LogP contribution < -0.4 is 0 Å². The van der Waals surface area contributed by atoms with Gasteiger partial charge in [0.15, 0.2) is 0 Å².